The summed E-state index contributed by atoms with van der Waals surface area (Å²) in [6.45, 7) is 3.62. The standard InChI is InChI=1S/C16H15N3O3/c1-9-14(10(2)22-19-9)15-13(8-20)17-16(18-15)11-4-6-12(21-3)7-5-11/h4-8H,1-3H3,(H,17,18). The zero-order valence-electron chi connectivity index (χ0n) is 12.5. The molecule has 0 radical (unpaired) electrons. The minimum absolute atomic E-state index is 0.403. The molecule has 0 saturated heterocycles. The van der Waals surface area contributed by atoms with Gasteiger partial charge in [0, 0.05) is 5.56 Å². The Kier molecular flexibility index (Phi) is 3.50. The van der Waals surface area contributed by atoms with E-state index in [1.165, 1.54) is 0 Å². The number of aromatic amines is 1. The number of imidazole rings is 1. The third-order valence-corrected chi connectivity index (χ3v) is 3.48. The summed E-state index contributed by atoms with van der Waals surface area (Å²) in [6.07, 6.45) is 0.751. The lowest BCUT2D eigenvalue weighted by Crippen LogP contribution is -1.88. The number of carbonyl (C=O) groups excluding carboxylic acids is 1. The molecule has 6 heteroatoms. The van der Waals surface area contributed by atoms with Crippen LogP contribution in [0.4, 0.5) is 0 Å². The summed E-state index contributed by atoms with van der Waals surface area (Å²) in [7, 11) is 1.61. The first-order chi connectivity index (χ1) is 10.6. The predicted molar refractivity (Wildman–Crippen MR) is 80.9 cm³/mol. The van der Waals surface area contributed by atoms with Crippen molar-refractivity contribution in [1.82, 2.24) is 15.1 Å². The van der Waals surface area contributed by atoms with Gasteiger partial charge in [0.25, 0.3) is 0 Å². The van der Waals surface area contributed by atoms with Gasteiger partial charge in [-0.15, -0.1) is 0 Å². The zero-order valence-corrected chi connectivity index (χ0v) is 12.5. The number of ether oxygens (including phenoxy) is 1. The van der Waals surface area contributed by atoms with E-state index in [1.54, 1.807) is 14.0 Å². The quantitative estimate of drug-likeness (QED) is 0.748. The number of carbonyl (C=O) groups is 1. The highest BCUT2D eigenvalue weighted by Gasteiger charge is 2.20. The summed E-state index contributed by atoms with van der Waals surface area (Å²) >= 11 is 0. The average molecular weight is 297 g/mol. The number of H-pyrrole nitrogens is 1. The van der Waals surface area contributed by atoms with E-state index in [-0.39, 0.29) is 0 Å². The van der Waals surface area contributed by atoms with Crippen LogP contribution in [0.2, 0.25) is 0 Å². The molecule has 0 atom stereocenters. The number of aromatic nitrogens is 3. The lowest BCUT2D eigenvalue weighted by Gasteiger charge is -2.00. The number of hydrogen-bond acceptors (Lipinski definition) is 5. The topological polar surface area (TPSA) is 81.0 Å². The van der Waals surface area contributed by atoms with Crippen LogP contribution < -0.4 is 4.74 Å². The lowest BCUT2D eigenvalue weighted by atomic mass is 10.1. The van der Waals surface area contributed by atoms with Crippen LogP contribution in [0.3, 0.4) is 0 Å². The molecule has 2 aromatic heterocycles. The SMILES string of the molecule is COc1ccc(-c2nc(-c3c(C)noc3C)c(C=O)[nH]2)cc1. The second-order valence-electron chi connectivity index (χ2n) is 4.89. The Bertz CT molecular complexity index is 796. The van der Waals surface area contributed by atoms with Gasteiger partial charge in [-0.1, -0.05) is 5.16 Å². The molecule has 0 fully saturated rings. The molecule has 0 aliphatic carbocycles. The molecule has 6 nitrogen and oxygen atoms in total. The highest BCUT2D eigenvalue weighted by atomic mass is 16.5. The Balaban J connectivity index is 2.10. The van der Waals surface area contributed by atoms with E-state index in [1.807, 2.05) is 31.2 Å². The van der Waals surface area contributed by atoms with Crippen molar-refractivity contribution in [3.05, 3.63) is 41.4 Å². The summed E-state index contributed by atoms with van der Waals surface area (Å²) in [5, 5.41) is 3.91. The molecule has 3 aromatic rings. The van der Waals surface area contributed by atoms with E-state index < -0.39 is 0 Å². The summed E-state index contributed by atoms with van der Waals surface area (Å²) in [4.78, 5) is 18.9. The molecule has 2 heterocycles. The summed E-state index contributed by atoms with van der Waals surface area (Å²) in [5.74, 6) is 2.00. The summed E-state index contributed by atoms with van der Waals surface area (Å²) < 4.78 is 10.3. The Morgan fingerprint density at radius 1 is 1.23 bits per heavy atom. The van der Waals surface area contributed by atoms with Crippen molar-refractivity contribution in [2.45, 2.75) is 13.8 Å². The number of methoxy groups -OCH3 is 1. The smallest absolute Gasteiger partial charge is 0.168 e. The van der Waals surface area contributed by atoms with Crippen molar-refractivity contribution < 1.29 is 14.1 Å². The van der Waals surface area contributed by atoms with Crippen LogP contribution in [0, 0.1) is 13.8 Å². The maximum absolute atomic E-state index is 11.3. The van der Waals surface area contributed by atoms with Crippen LogP contribution >= 0.6 is 0 Å². The van der Waals surface area contributed by atoms with E-state index >= 15 is 0 Å². The second-order valence-corrected chi connectivity index (χ2v) is 4.89. The molecule has 0 amide bonds. The molecule has 0 aliphatic rings. The Morgan fingerprint density at radius 2 is 1.95 bits per heavy atom. The first-order valence-electron chi connectivity index (χ1n) is 6.77. The number of nitrogens with one attached hydrogen (secondary N) is 1. The van der Waals surface area contributed by atoms with Gasteiger partial charge in [-0.25, -0.2) is 4.98 Å². The predicted octanol–water partition coefficient (Wildman–Crippen LogP) is 3.17. The molecule has 1 N–H and O–H groups in total. The minimum Gasteiger partial charge on any atom is -0.497 e. The number of rotatable bonds is 4. The van der Waals surface area contributed by atoms with E-state index in [0.717, 1.165) is 23.2 Å². The Hall–Kier alpha value is -2.89. The summed E-state index contributed by atoms with van der Waals surface area (Å²) in [5.41, 5.74) is 3.27. The van der Waals surface area contributed by atoms with E-state index in [4.69, 9.17) is 9.26 Å². The molecule has 3 rings (SSSR count). The highest BCUT2D eigenvalue weighted by Crippen LogP contribution is 2.30. The van der Waals surface area contributed by atoms with Crippen molar-refractivity contribution in [2.24, 2.45) is 0 Å². The molecular formula is C16H15N3O3. The molecule has 1 aromatic carbocycles. The first-order valence-corrected chi connectivity index (χ1v) is 6.77. The first kappa shape index (κ1) is 14.1. The van der Waals surface area contributed by atoms with E-state index in [2.05, 4.69) is 15.1 Å². The fraction of sp³-hybridized carbons (Fsp3) is 0.188. The van der Waals surface area contributed by atoms with Gasteiger partial charge in [0.2, 0.25) is 0 Å². The van der Waals surface area contributed by atoms with Crippen molar-refractivity contribution in [3.63, 3.8) is 0 Å². The van der Waals surface area contributed by atoms with Crippen molar-refractivity contribution in [3.8, 4) is 28.4 Å². The van der Waals surface area contributed by atoms with Crippen molar-refractivity contribution in [1.29, 1.82) is 0 Å². The normalized spacial score (nSPS) is 10.7. The molecule has 0 unspecified atom stereocenters. The fourth-order valence-electron chi connectivity index (χ4n) is 2.37. The maximum atomic E-state index is 11.3. The number of aldehydes is 1. The molecule has 0 saturated carbocycles. The highest BCUT2D eigenvalue weighted by molar-refractivity contribution is 5.86. The Morgan fingerprint density at radius 3 is 2.50 bits per heavy atom. The Labute approximate surface area is 127 Å². The lowest BCUT2D eigenvalue weighted by molar-refractivity contribution is 0.112. The van der Waals surface area contributed by atoms with Gasteiger partial charge in [-0.2, -0.15) is 0 Å². The largest absolute Gasteiger partial charge is 0.497 e. The van der Waals surface area contributed by atoms with Crippen LogP contribution in [-0.2, 0) is 0 Å². The van der Waals surface area contributed by atoms with Crippen LogP contribution in [0.25, 0.3) is 22.6 Å². The molecule has 0 spiro atoms. The van der Waals surface area contributed by atoms with Crippen LogP contribution in [-0.4, -0.2) is 28.5 Å². The number of benzene rings is 1. The van der Waals surface area contributed by atoms with Crippen molar-refractivity contribution in [2.75, 3.05) is 7.11 Å². The molecule has 0 bridgehead atoms. The third-order valence-electron chi connectivity index (χ3n) is 3.48. The zero-order chi connectivity index (χ0) is 15.7. The fourth-order valence-corrected chi connectivity index (χ4v) is 2.37. The maximum Gasteiger partial charge on any atom is 0.168 e. The van der Waals surface area contributed by atoms with Crippen LogP contribution in [0.15, 0.2) is 28.8 Å². The average Bonchev–Trinajstić information content (AvgIpc) is 3.10. The van der Waals surface area contributed by atoms with E-state index in [0.29, 0.717) is 28.7 Å². The van der Waals surface area contributed by atoms with Crippen LogP contribution in [0.5, 0.6) is 5.75 Å². The number of hydrogen-bond donors (Lipinski definition) is 1. The van der Waals surface area contributed by atoms with Crippen LogP contribution in [0.1, 0.15) is 21.9 Å². The summed E-state index contributed by atoms with van der Waals surface area (Å²) in [6, 6.07) is 7.44. The third kappa shape index (κ3) is 2.28. The van der Waals surface area contributed by atoms with Gasteiger partial charge < -0.3 is 14.2 Å². The molecule has 22 heavy (non-hydrogen) atoms. The molecular weight excluding hydrogens is 282 g/mol. The van der Waals surface area contributed by atoms with Gasteiger partial charge in [0.1, 0.15) is 28.7 Å². The monoisotopic (exact) mass is 297 g/mol. The van der Waals surface area contributed by atoms with Gasteiger partial charge in [-0.3, -0.25) is 4.79 Å². The number of nitrogens with zero attached hydrogens (tertiary/aromatic N) is 2. The second kappa shape index (κ2) is 5.48. The van der Waals surface area contributed by atoms with Gasteiger partial charge in [0.15, 0.2) is 6.29 Å². The minimum atomic E-state index is 0.403. The van der Waals surface area contributed by atoms with Gasteiger partial charge >= 0.3 is 0 Å². The van der Waals surface area contributed by atoms with Gasteiger partial charge in [0.05, 0.1) is 18.4 Å². The van der Waals surface area contributed by atoms with Gasteiger partial charge in [-0.05, 0) is 38.1 Å². The number of aryl methyl sites for hydroxylation is 2. The molecule has 112 valence electrons. The van der Waals surface area contributed by atoms with E-state index in [9.17, 15) is 4.79 Å². The van der Waals surface area contributed by atoms with Crippen molar-refractivity contribution >= 4 is 6.29 Å². The molecule has 0 aliphatic heterocycles.